The predicted octanol–water partition coefficient (Wildman–Crippen LogP) is 2.10. The van der Waals surface area contributed by atoms with Crippen LogP contribution in [0.3, 0.4) is 0 Å². The zero-order valence-corrected chi connectivity index (χ0v) is 11.9. The van der Waals surface area contributed by atoms with Gasteiger partial charge in [-0.15, -0.1) is 0 Å². The van der Waals surface area contributed by atoms with Crippen LogP contribution < -0.4 is 5.32 Å². The van der Waals surface area contributed by atoms with E-state index in [1.165, 1.54) is 6.20 Å². The molecule has 4 aromatic rings. The van der Waals surface area contributed by atoms with Crippen molar-refractivity contribution in [2.24, 2.45) is 0 Å². The number of amides is 1. The molecular formula is C16H11N5O2. The molecule has 112 valence electrons. The van der Waals surface area contributed by atoms with Crippen LogP contribution in [0.2, 0.25) is 0 Å². The Morgan fingerprint density at radius 2 is 1.91 bits per heavy atom. The van der Waals surface area contributed by atoms with Gasteiger partial charge < -0.3 is 9.73 Å². The quantitative estimate of drug-likeness (QED) is 0.623. The fourth-order valence-electron chi connectivity index (χ4n) is 2.20. The molecule has 0 spiro atoms. The molecule has 0 bridgehead atoms. The van der Waals surface area contributed by atoms with E-state index in [4.69, 9.17) is 4.42 Å². The summed E-state index contributed by atoms with van der Waals surface area (Å²) in [6.45, 7) is 0.156. The molecule has 23 heavy (non-hydrogen) atoms. The van der Waals surface area contributed by atoms with Crippen LogP contribution in [0, 0.1) is 0 Å². The van der Waals surface area contributed by atoms with Crippen molar-refractivity contribution in [3.05, 3.63) is 60.4 Å². The maximum Gasteiger partial charge on any atom is 0.271 e. The average molecular weight is 305 g/mol. The molecule has 0 fully saturated rings. The molecule has 0 radical (unpaired) electrons. The summed E-state index contributed by atoms with van der Waals surface area (Å²) in [6, 6.07) is 10.9. The van der Waals surface area contributed by atoms with Gasteiger partial charge in [0.15, 0.2) is 11.2 Å². The number of nitrogens with one attached hydrogen (secondary N) is 1. The van der Waals surface area contributed by atoms with Crippen LogP contribution in [-0.4, -0.2) is 25.8 Å². The number of aromatic nitrogens is 4. The van der Waals surface area contributed by atoms with E-state index in [1.807, 2.05) is 24.3 Å². The lowest BCUT2D eigenvalue weighted by Gasteiger charge is -2.03. The zero-order valence-electron chi connectivity index (χ0n) is 11.9. The first-order valence-electron chi connectivity index (χ1n) is 7.00. The van der Waals surface area contributed by atoms with Crippen molar-refractivity contribution < 1.29 is 9.21 Å². The summed E-state index contributed by atoms with van der Waals surface area (Å²) < 4.78 is 5.50. The molecule has 7 nitrogen and oxygen atoms in total. The van der Waals surface area contributed by atoms with Crippen molar-refractivity contribution in [1.29, 1.82) is 0 Å². The van der Waals surface area contributed by atoms with Crippen molar-refractivity contribution >= 4 is 28.2 Å². The van der Waals surface area contributed by atoms with Crippen molar-refractivity contribution in [2.45, 2.75) is 6.54 Å². The first-order chi connectivity index (χ1) is 11.3. The Bertz CT molecular complexity index is 978. The van der Waals surface area contributed by atoms with Crippen molar-refractivity contribution in [3.63, 3.8) is 0 Å². The number of carbonyl (C=O) groups excluding carboxylic acids is 1. The molecule has 1 amide bonds. The molecule has 0 unspecified atom stereocenters. The minimum absolute atomic E-state index is 0.156. The van der Waals surface area contributed by atoms with Gasteiger partial charge in [0.05, 0.1) is 23.8 Å². The van der Waals surface area contributed by atoms with Crippen molar-refractivity contribution in [1.82, 2.24) is 25.3 Å². The van der Waals surface area contributed by atoms with E-state index >= 15 is 0 Å². The Kier molecular flexibility index (Phi) is 3.16. The van der Waals surface area contributed by atoms with Gasteiger partial charge >= 0.3 is 0 Å². The minimum atomic E-state index is -0.335. The molecule has 0 aliphatic carbocycles. The number of oxazole rings is 1. The van der Waals surface area contributed by atoms with Gasteiger partial charge in [0.1, 0.15) is 5.69 Å². The van der Waals surface area contributed by atoms with E-state index in [2.05, 4.69) is 25.3 Å². The molecule has 0 saturated heterocycles. The predicted molar refractivity (Wildman–Crippen MR) is 82.5 cm³/mol. The second kappa shape index (κ2) is 5.45. The lowest BCUT2D eigenvalue weighted by molar-refractivity contribution is 0.0942. The fraction of sp³-hybridized carbons (Fsp3) is 0.0625. The van der Waals surface area contributed by atoms with E-state index in [1.54, 1.807) is 18.3 Å². The first-order valence-corrected chi connectivity index (χ1v) is 7.00. The molecule has 3 aromatic heterocycles. The highest BCUT2D eigenvalue weighted by molar-refractivity contribution is 5.93. The van der Waals surface area contributed by atoms with E-state index in [0.29, 0.717) is 22.6 Å². The van der Waals surface area contributed by atoms with Gasteiger partial charge in [0.2, 0.25) is 5.89 Å². The molecule has 1 aromatic carbocycles. The second-order valence-corrected chi connectivity index (χ2v) is 4.86. The molecule has 7 heteroatoms. The molecule has 0 aliphatic heterocycles. The van der Waals surface area contributed by atoms with Crippen LogP contribution in [0.4, 0.5) is 0 Å². The van der Waals surface area contributed by atoms with Crippen molar-refractivity contribution in [2.75, 3.05) is 0 Å². The number of fused-ring (bicyclic) bond motifs is 2. The third-order valence-corrected chi connectivity index (χ3v) is 3.29. The van der Waals surface area contributed by atoms with Gasteiger partial charge in [-0.3, -0.25) is 9.78 Å². The second-order valence-electron chi connectivity index (χ2n) is 4.86. The van der Waals surface area contributed by atoms with E-state index in [0.717, 1.165) is 5.52 Å². The molecule has 3 heterocycles. The summed E-state index contributed by atoms with van der Waals surface area (Å²) in [5, 5.41) is 2.72. The average Bonchev–Trinajstić information content (AvgIpc) is 3.02. The Labute approximate surface area is 130 Å². The summed E-state index contributed by atoms with van der Waals surface area (Å²) in [7, 11) is 0. The Hall–Kier alpha value is -3.35. The third kappa shape index (κ3) is 2.59. The number of hydrogen-bond donors (Lipinski definition) is 1. The monoisotopic (exact) mass is 305 g/mol. The van der Waals surface area contributed by atoms with Crippen LogP contribution in [0.25, 0.3) is 22.3 Å². The Morgan fingerprint density at radius 3 is 2.78 bits per heavy atom. The molecule has 0 saturated carbocycles. The number of rotatable bonds is 3. The normalized spacial score (nSPS) is 11.0. The number of para-hydroxylation sites is 2. The highest BCUT2D eigenvalue weighted by Gasteiger charge is 2.11. The topological polar surface area (TPSA) is 93.8 Å². The largest absolute Gasteiger partial charge is 0.437 e. The van der Waals surface area contributed by atoms with Crippen LogP contribution in [0.15, 0.2) is 53.2 Å². The number of pyridine rings is 1. The van der Waals surface area contributed by atoms with Crippen LogP contribution in [0.1, 0.15) is 16.4 Å². The fourth-order valence-corrected chi connectivity index (χ4v) is 2.20. The van der Waals surface area contributed by atoms with Gasteiger partial charge in [-0.05, 0) is 24.3 Å². The lowest BCUT2D eigenvalue weighted by atomic mass is 10.3. The Balaban J connectivity index is 1.52. The van der Waals surface area contributed by atoms with Gasteiger partial charge in [0, 0.05) is 6.20 Å². The number of hydrogen-bond acceptors (Lipinski definition) is 6. The first kappa shape index (κ1) is 13.3. The van der Waals surface area contributed by atoms with E-state index in [-0.39, 0.29) is 18.1 Å². The SMILES string of the molecule is O=C(NCc1nc2ncccc2o1)c1cnc2ccccc2n1. The van der Waals surface area contributed by atoms with Crippen LogP contribution in [-0.2, 0) is 6.54 Å². The Morgan fingerprint density at radius 1 is 1.04 bits per heavy atom. The molecular weight excluding hydrogens is 294 g/mol. The number of carbonyl (C=O) groups is 1. The zero-order chi connectivity index (χ0) is 15.6. The van der Waals surface area contributed by atoms with E-state index in [9.17, 15) is 4.79 Å². The number of nitrogens with zero attached hydrogens (tertiary/aromatic N) is 4. The smallest absolute Gasteiger partial charge is 0.271 e. The summed E-state index contributed by atoms with van der Waals surface area (Å²) in [5.41, 5.74) is 2.77. The van der Waals surface area contributed by atoms with Gasteiger partial charge in [-0.1, -0.05) is 12.1 Å². The highest BCUT2D eigenvalue weighted by atomic mass is 16.3. The van der Waals surface area contributed by atoms with Gasteiger partial charge in [-0.2, -0.15) is 4.98 Å². The van der Waals surface area contributed by atoms with Crippen LogP contribution in [0.5, 0.6) is 0 Å². The number of benzene rings is 1. The molecule has 1 N–H and O–H groups in total. The molecule has 4 rings (SSSR count). The van der Waals surface area contributed by atoms with Gasteiger partial charge in [0.25, 0.3) is 5.91 Å². The standard InChI is InChI=1S/C16H11N5O2/c22-16(12-8-18-10-4-1-2-5-11(10)20-12)19-9-14-21-15-13(23-14)6-3-7-17-15/h1-8H,9H2,(H,19,22). The summed E-state index contributed by atoms with van der Waals surface area (Å²) in [4.78, 5) is 29.0. The third-order valence-electron chi connectivity index (χ3n) is 3.29. The summed E-state index contributed by atoms with van der Waals surface area (Å²) in [5.74, 6) is 0.0549. The van der Waals surface area contributed by atoms with E-state index < -0.39 is 0 Å². The highest BCUT2D eigenvalue weighted by Crippen LogP contribution is 2.12. The van der Waals surface area contributed by atoms with Crippen molar-refractivity contribution in [3.8, 4) is 0 Å². The maximum atomic E-state index is 12.2. The van der Waals surface area contributed by atoms with Gasteiger partial charge in [-0.25, -0.2) is 9.97 Å². The minimum Gasteiger partial charge on any atom is -0.437 e. The molecule has 0 atom stereocenters. The maximum absolute atomic E-state index is 12.2. The molecule has 0 aliphatic rings. The summed E-state index contributed by atoms with van der Waals surface area (Å²) >= 11 is 0. The summed E-state index contributed by atoms with van der Waals surface area (Å²) in [6.07, 6.45) is 3.09. The van der Waals surface area contributed by atoms with Crippen LogP contribution >= 0.6 is 0 Å². The lowest BCUT2D eigenvalue weighted by Crippen LogP contribution is -2.24.